The molecule has 2 heterocycles. The van der Waals surface area contributed by atoms with Gasteiger partial charge in [-0.1, -0.05) is 18.2 Å². The summed E-state index contributed by atoms with van der Waals surface area (Å²) in [5.74, 6) is -0.346. The van der Waals surface area contributed by atoms with Gasteiger partial charge in [-0.25, -0.2) is 18.4 Å². The standard InChI is InChI=1S/C28H19F6N3O4S/c1-16-36-24(27(29,30)31)14-37(16)23-11-8-19(18-4-3-5-21(12-18)42(2,38)39)13-22(23)26-25(35-15-40-26)17-6-9-20(10-7-17)41-28(32,33)34/h3-15H,1-2H3. The number of ether oxygens (including phenoxy) is 1. The van der Waals surface area contributed by atoms with Crippen LogP contribution in [0.1, 0.15) is 11.5 Å². The summed E-state index contributed by atoms with van der Waals surface area (Å²) in [6, 6.07) is 15.7. The number of halogens is 6. The number of aryl methyl sites for hydroxylation is 1. The molecule has 0 unspecified atom stereocenters. The van der Waals surface area contributed by atoms with Gasteiger partial charge >= 0.3 is 12.5 Å². The first-order chi connectivity index (χ1) is 19.6. The van der Waals surface area contributed by atoms with Crippen LogP contribution in [0.25, 0.3) is 39.4 Å². The summed E-state index contributed by atoms with van der Waals surface area (Å²) in [6.45, 7) is 1.39. The Morgan fingerprint density at radius 2 is 1.55 bits per heavy atom. The molecule has 5 rings (SSSR count). The van der Waals surface area contributed by atoms with Crippen molar-refractivity contribution >= 4 is 9.84 Å². The molecule has 0 atom stereocenters. The number of aromatic nitrogens is 3. The van der Waals surface area contributed by atoms with Crippen molar-refractivity contribution in [3.8, 4) is 45.1 Å². The van der Waals surface area contributed by atoms with E-state index in [1.807, 2.05) is 0 Å². The molecule has 14 heteroatoms. The van der Waals surface area contributed by atoms with E-state index in [-0.39, 0.29) is 33.4 Å². The molecule has 0 amide bonds. The highest BCUT2D eigenvalue weighted by atomic mass is 32.2. The zero-order valence-corrected chi connectivity index (χ0v) is 22.5. The van der Waals surface area contributed by atoms with Gasteiger partial charge < -0.3 is 13.7 Å². The molecular formula is C28H19F6N3O4S. The molecule has 218 valence electrons. The van der Waals surface area contributed by atoms with Crippen molar-refractivity contribution in [3.05, 3.63) is 90.8 Å². The second-order valence-electron chi connectivity index (χ2n) is 9.18. The molecule has 0 saturated carbocycles. The Morgan fingerprint density at radius 3 is 2.17 bits per heavy atom. The fourth-order valence-corrected chi connectivity index (χ4v) is 4.99. The third kappa shape index (κ3) is 6.03. The highest BCUT2D eigenvalue weighted by molar-refractivity contribution is 7.90. The predicted molar refractivity (Wildman–Crippen MR) is 139 cm³/mol. The second kappa shape index (κ2) is 10.4. The van der Waals surface area contributed by atoms with Crippen molar-refractivity contribution < 1.29 is 43.9 Å². The Morgan fingerprint density at radius 1 is 0.881 bits per heavy atom. The number of oxazole rings is 1. The van der Waals surface area contributed by atoms with E-state index in [9.17, 15) is 34.8 Å². The van der Waals surface area contributed by atoms with E-state index in [1.54, 1.807) is 24.3 Å². The fourth-order valence-electron chi connectivity index (χ4n) is 4.32. The highest BCUT2D eigenvalue weighted by Crippen LogP contribution is 2.39. The molecule has 3 aromatic carbocycles. The first-order valence-electron chi connectivity index (χ1n) is 12.0. The van der Waals surface area contributed by atoms with Crippen LogP contribution in [0.15, 0.2) is 88.6 Å². The molecule has 7 nitrogen and oxygen atoms in total. The van der Waals surface area contributed by atoms with Crippen molar-refractivity contribution in [3.63, 3.8) is 0 Å². The average molecular weight is 608 g/mol. The molecule has 0 bridgehead atoms. The summed E-state index contributed by atoms with van der Waals surface area (Å²) in [7, 11) is -3.54. The van der Waals surface area contributed by atoms with E-state index in [0.717, 1.165) is 31.0 Å². The highest BCUT2D eigenvalue weighted by Gasteiger charge is 2.35. The van der Waals surface area contributed by atoms with Crippen LogP contribution >= 0.6 is 0 Å². The van der Waals surface area contributed by atoms with E-state index < -0.39 is 33.8 Å². The van der Waals surface area contributed by atoms with Crippen LogP contribution in [0.3, 0.4) is 0 Å². The van der Waals surface area contributed by atoms with Crippen LogP contribution in [0, 0.1) is 6.92 Å². The van der Waals surface area contributed by atoms with Crippen molar-refractivity contribution in [1.82, 2.24) is 14.5 Å². The monoisotopic (exact) mass is 607 g/mol. The van der Waals surface area contributed by atoms with E-state index in [2.05, 4.69) is 14.7 Å². The summed E-state index contributed by atoms with van der Waals surface area (Å²) >= 11 is 0. The molecule has 0 N–H and O–H groups in total. The molecule has 0 radical (unpaired) electrons. The molecule has 2 aromatic heterocycles. The van der Waals surface area contributed by atoms with Gasteiger partial charge in [0.05, 0.1) is 10.6 Å². The minimum absolute atomic E-state index is 0.0186. The number of hydrogen-bond acceptors (Lipinski definition) is 6. The Hall–Kier alpha value is -4.59. The quantitative estimate of drug-likeness (QED) is 0.186. The molecule has 5 aromatic rings. The molecule has 0 fully saturated rings. The maximum atomic E-state index is 13.5. The molecule has 42 heavy (non-hydrogen) atoms. The molecule has 0 aliphatic rings. The van der Waals surface area contributed by atoms with Crippen LogP contribution in [-0.4, -0.2) is 35.6 Å². The second-order valence-corrected chi connectivity index (χ2v) is 11.2. The van der Waals surface area contributed by atoms with Crippen LogP contribution in [-0.2, 0) is 16.0 Å². The van der Waals surface area contributed by atoms with Crippen molar-refractivity contribution in [2.75, 3.05) is 6.26 Å². The number of rotatable bonds is 6. The lowest BCUT2D eigenvalue weighted by molar-refractivity contribution is -0.274. The summed E-state index contributed by atoms with van der Waals surface area (Å²) in [6.07, 6.45) is -6.61. The van der Waals surface area contributed by atoms with Crippen LogP contribution in [0.2, 0.25) is 0 Å². The first kappa shape index (κ1) is 28.9. The van der Waals surface area contributed by atoms with Gasteiger partial charge in [-0.2, -0.15) is 13.2 Å². The molecule has 0 spiro atoms. The first-order valence-corrected chi connectivity index (χ1v) is 13.9. The smallest absolute Gasteiger partial charge is 0.443 e. The van der Waals surface area contributed by atoms with Gasteiger partial charge in [-0.15, -0.1) is 13.2 Å². The van der Waals surface area contributed by atoms with Crippen LogP contribution in [0.5, 0.6) is 5.75 Å². The maximum Gasteiger partial charge on any atom is 0.573 e. The minimum Gasteiger partial charge on any atom is -0.443 e. The van der Waals surface area contributed by atoms with Gasteiger partial charge in [0.1, 0.15) is 17.3 Å². The van der Waals surface area contributed by atoms with Crippen molar-refractivity contribution in [2.45, 2.75) is 24.4 Å². The Labute approximate surface area is 235 Å². The summed E-state index contributed by atoms with van der Waals surface area (Å²) in [5, 5.41) is 0. The largest absolute Gasteiger partial charge is 0.573 e. The zero-order chi connectivity index (χ0) is 30.4. The van der Waals surface area contributed by atoms with Gasteiger partial charge in [0.2, 0.25) is 0 Å². The molecular weight excluding hydrogens is 588 g/mol. The molecule has 0 aliphatic carbocycles. The number of hydrogen-bond donors (Lipinski definition) is 0. The molecule has 0 saturated heterocycles. The van der Waals surface area contributed by atoms with E-state index in [1.165, 1.54) is 41.8 Å². The van der Waals surface area contributed by atoms with Crippen molar-refractivity contribution in [2.24, 2.45) is 0 Å². The lowest BCUT2D eigenvalue weighted by Gasteiger charge is -2.14. The predicted octanol–water partition coefficient (Wildman–Crippen LogP) is 7.49. The van der Waals surface area contributed by atoms with Crippen molar-refractivity contribution in [1.29, 1.82) is 0 Å². The van der Waals surface area contributed by atoms with Crippen LogP contribution < -0.4 is 4.74 Å². The number of imidazole rings is 1. The van der Waals surface area contributed by atoms with Gasteiger partial charge in [-0.05, 0) is 66.6 Å². The van der Waals surface area contributed by atoms with E-state index in [4.69, 9.17) is 4.42 Å². The minimum atomic E-state index is -4.89. The Bertz CT molecular complexity index is 1870. The summed E-state index contributed by atoms with van der Waals surface area (Å²) < 4.78 is 113. The van der Waals surface area contributed by atoms with Gasteiger partial charge in [0.25, 0.3) is 0 Å². The Kier molecular flexibility index (Phi) is 7.13. The van der Waals surface area contributed by atoms with Gasteiger partial charge in [-0.3, -0.25) is 0 Å². The third-order valence-corrected chi connectivity index (χ3v) is 7.31. The summed E-state index contributed by atoms with van der Waals surface area (Å²) in [4.78, 5) is 7.90. The van der Waals surface area contributed by atoms with Gasteiger partial charge in [0, 0.05) is 23.6 Å². The lowest BCUT2D eigenvalue weighted by atomic mass is 9.98. The Balaban J connectivity index is 1.69. The molecule has 0 aliphatic heterocycles. The number of alkyl halides is 6. The average Bonchev–Trinajstić information content (AvgIpc) is 3.54. The SMILES string of the molecule is Cc1nc(C(F)(F)F)cn1-c1ccc(-c2cccc(S(C)(=O)=O)c2)cc1-c1ocnc1-c1ccc(OC(F)(F)F)cc1. The number of benzene rings is 3. The van der Waals surface area contributed by atoms with Gasteiger partial charge in [0.15, 0.2) is 27.7 Å². The van der Waals surface area contributed by atoms with E-state index in [0.29, 0.717) is 16.7 Å². The fraction of sp³-hybridized carbons (Fsp3) is 0.143. The summed E-state index contributed by atoms with van der Waals surface area (Å²) in [5.41, 5.74) is 0.896. The van der Waals surface area contributed by atoms with Crippen LogP contribution in [0.4, 0.5) is 26.3 Å². The number of sulfone groups is 1. The maximum absolute atomic E-state index is 13.5. The zero-order valence-electron chi connectivity index (χ0n) is 21.7. The van der Waals surface area contributed by atoms with E-state index >= 15 is 0 Å². The topological polar surface area (TPSA) is 87.2 Å². The normalized spacial score (nSPS) is 12.5. The third-order valence-electron chi connectivity index (χ3n) is 6.20. The number of nitrogens with zero attached hydrogens (tertiary/aromatic N) is 3. The lowest BCUT2D eigenvalue weighted by Crippen LogP contribution is -2.16.